The molecule has 0 aliphatic rings. The van der Waals surface area contributed by atoms with Gasteiger partial charge >= 0.3 is 0 Å². The third kappa shape index (κ3) is 1.73. The summed E-state index contributed by atoms with van der Waals surface area (Å²) in [6.07, 6.45) is 0. The second-order valence-corrected chi connectivity index (χ2v) is 3.35. The Labute approximate surface area is 80.5 Å². The van der Waals surface area contributed by atoms with E-state index in [4.69, 9.17) is 5.11 Å². The van der Waals surface area contributed by atoms with E-state index in [0.717, 1.165) is 0 Å². The van der Waals surface area contributed by atoms with E-state index >= 15 is 0 Å². The fourth-order valence-corrected chi connectivity index (χ4v) is 2.09. The third-order valence-electron chi connectivity index (χ3n) is 1.30. The molecule has 1 N–H and O–H groups in total. The monoisotopic (exact) mass is 282 g/mol. The molecule has 1 nitrogen and oxygen atoms in total. The number of benzene rings is 1. The fraction of sp³-hybridized carbons (Fsp3) is 0.143. The molecule has 1 aromatic carbocycles. The quantitative estimate of drug-likeness (QED) is 0.785. The highest BCUT2D eigenvalue weighted by atomic mass is 79.9. The summed E-state index contributed by atoms with van der Waals surface area (Å²) in [5.41, 5.74) is 0.435. The van der Waals surface area contributed by atoms with Gasteiger partial charge in [0.15, 0.2) is 0 Å². The van der Waals surface area contributed by atoms with Crippen molar-refractivity contribution in [2.45, 2.75) is 5.33 Å². The Morgan fingerprint density at radius 3 is 2.55 bits per heavy atom. The zero-order valence-electron chi connectivity index (χ0n) is 5.44. The molecular weight excluding hydrogens is 279 g/mol. The van der Waals surface area contributed by atoms with Crippen molar-refractivity contribution in [3.05, 3.63) is 28.0 Å². The number of phenols is 1. The largest absolute Gasteiger partial charge is 0.507 e. The van der Waals surface area contributed by atoms with Gasteiger partial charge in [-0.25, -0.2) is 4.39 Å². The lowest BCUT2D eigenvalue weighted by molar-refractivity contribution is 0.468. The number of alkyl halides is 1. The summed E-state index contributed by atoms with van der Waals surface area (Å²) in [5, 5.41) is 9.50. The number of aromatic hydroxyl groups is 1. The average molecular weight is 284 g/mol. The van der Waals surface area contributed by atoms with Crippen LogP contribution in [0, 0.1) is 5.82 Å². The Kier molecular flexibility index (Phi) is 2.90. The predicted octanol–water partition coefficient (Wildman–Crippen LogP) is 3.19. The standard InChI is InChI=1S/C7H5Br2FO/c8-3-4-5(10)1-2-6(11)7(4)9/h1-2,11H,3H2. The van der Waals surface area contributed by atoms with Crippen LogP contribution in [0.2, 0.25) is 0 Å². The predicted molar refractivity (Wildman–Crippen MR) is 48.4 cm³/mol. The second-order valence-electron chi connectivity index (χ2n) is 1.99. The van der Waals surface area contributed by atoms with Gasteiger partial charge in [0, 0.05) is 10.9 Å². The Bertz CT molecular complexity index is 275. The highest BCUT2D eigenvalue weighted by molar-refractivity contribution is 9.11. The molecule has 0 unspecified atom stereocenters. The van der Waals surface area contributed by atoms with Crippen LogP contribution in [0.15, 0.2) is 16.6 Å². The first-order chi connectivity index (χ1) is 5.16. The molecule has 4 heteroatoms. The zero-order chi connectivity index (χ0) is 8.43. The maximum Gasteiger partial charge on any atom is 0.130 e. The van der Waals surface area contributed by atoms with Gasteiger partial charge in [0.1, 0.15) is 11.6 Å². The van der Waals surface area contributed by atoms with Crippen LogP contribution in [0.4, 0.5) is 4.39 Å². The van der Waals surface area contributed by atoms with E-state index in [9.17, 15) is 4.39 Å². The Morgan fingerprint density at radius 1 is 1.45 bits per heavy atom. The van der Waals surface area contributed by atoms with Crippen LogP contribution in [0.1, 0.15) is 5.56 Å². The summed E-state index contributed by atoms with van der Waals surface area (Å²) >= 11 is 6.18. The molecule has 0 aromatic heterocycles. The summed E-state index contributed by atoms with van der Waals surface area (Å²) in [6.45, 7) is 0. The third-order valence-corrected chi connectivity index (χ3v) is 2.74. The first kappa shape index (κ1) is 9.00. The van der Waals surface area contributed by atoms with Crippen molar-refractivity contribution in [3.63, 3.8) is 0 Å². The van der Waals surface area contributed by atoms with Gasteiger partial charge in [0.2, 0.25) is 0 Å². The number of phenolic OH excluding ortho intramolecular Hbond substituents is 1. The highest BCUT2D eigenvalue weighted by Crippen LogP contribution is 2.30. The van der Waals surface area contributed by atoms with Crippen molar-refractivity contribution in [2.75, 3.05) is 0 Å². The molecule has 1 aromatic rings. The molecule has 0 saturated carbocycles. The van der Waals surface area contributed by atoms with E-state index < -0.39 is 0 Å². The molecule has 0 aliphatic heterocycles. The van der Waals surface area contributed by atoms with E-state index in [1.165, 1.54) is 12.1 Å². The summed E-state index contributed by atoms with van der Waals surface area (Å²) in [4.78, 5) is 0. The molecular formula is C7H5Br2FO. The Hall–Kier alpha value is -0.0900. The van der Waals surface area contributed by atoms with Gasteiger partial charge in [0.05, 0.1) is 4.47 Å². The van der Waals surface area contributed by atoms with Crippen molar-refractivity contribution in [1.29, 1.82) is 0 Å². The van der Waals surface area contributed by atoms with Gasteiger partial charge in [-0.05, 0) is 28.1 Å². The van der Waals surface area contributed by atoms with Crippen molar-refractivity contribution < 1.29 is 9.50 Å². The minimum absolute atomic E-state index is 0.0563. The van der Waals surface area contributed by atoms with Crippen LogP contribution in [0.3, 0.4) is 0 Å². The fourth-order valence-electron chi connectivity index (χ4n) is 0.708. The van der Waals surface area contributed by atoms with Gasteiger partial charge in [-0.2, -0.15) is 0 Å². The molecule has 0 spiro atoms. The number of rotatable bonds is 1. The van der Waals surface area contributed by atoms with Crippen LogP contribution < -0.4 is 0 Å². The maximum atomic E-state index is 12.9. The average Bonchev–Trinajstić information content (AvgIpc) is 1.99. The van der Waals surface area contributed by atoms with Gasteiger partial charge in [0.25, 0.3) is 0 Å². The van der Waals surface area contributed by atoms with Crippen molar-refractivity contribution in [1.82, 2.24) is 0 Å². The van der Waals surface area contributed by atoms with Crippen LogP contribution in [0.25, 0.3) is 0 Å². The first-order valence-electron chi connectivity index (χ1n) is 2.88. The van der Waals surface area contributed by atoms with Gasteiger partial charge < -0.3 is 5.11 Å². The van der Waals surface area contributed by atoms with Crippen molar-refractivity contribution in [3.8, 4) is 5.75 Å². The summed E-state index contributed by atoms with van der Waals surface area (Å²) in [7, 11) is 0. The number of hydrogen-bond acceptors (Lipinski definition) is 1. The van der Waals surface area contributed by atoms with E-state index in [2.05, 4.69) is 31.9 Å². The zero-order valence-corrected chi connectivity index (χ0v) is 8.61. The van der Waals surface area contributed by atoms with Crippen molar-refractivity contribution in [2.24, 2.45) is 0 Å². The molecule has 0 aliphatic carbocycles. The molecule has 0 atom stereocenters. The van der Waals surface area contributed by atoms with Crippen LogP contribution in [-0.4, -0.2) is 5.11 Å². The molecule has 0 saturated heterocycles. The molecule has 0 fully saturated rings. The van der Waals surface area contributed by atoms with Crippen molar-refractivity contribution >= 4 is 31.9 Å². The molecule has 1 rings (SSSR count). The number of halogens is 3. The van der Waals surface area contributed by atoms with Gasteiger partial charge in [-0.1, -0.05) is 15.9 Å². The minimum Gasteiger partial charge on any atom is -0.507 e. The number of hydrogen-bond donors (Lipinski definition) is 1. The maximum absolute atomic E-state index is 12.9. The minimum atomic E-state index is -0.327. The summed E-state index contributed by atoms with van der Waals surface area (Å²) in [5.74, 6) is -0.271. The van der Waals surface area contributed by atoms with Crippen LogP contribution >= 0.6 is 31.9 Å². The van der Waals surface area contributed by atoms with Crippen LogP contribution in [-0.2, 0) is 5.33 Å². The first-order valence-corrected chi connectivity index (χ1v) is 4.80. The van der Waals surface area contributed by atoms with Gasteiger partial charge in [-0.15, -0.1) is 0 Å². The topological polar surface area (TPSA) is 20.2 Å². The Morgan fingerprint density at radius 2 is 2.09 bits per heavy atom. The molecule has 0 amide bonds. The van der Waals surface area contributed by atoms with E-state index in [1.807, 2.05) is 0 Å². The lowest BCUT2D eigenvalue weighted by atomic mass is 10.2. The molecule has 0 bridgehead atoms. The lowest BCUT2D eigenvalue weighted by Gasteiger charge is -2.03. The van der Waals surface area contributed by atoms with E-state index in [-0.39, 0.29) is 11.6 Å². The molecule has 11 heavy (non-hydrogen) atoms. The van der Waals surface area contributed by atoms with Gasteiger partial charge in [-0.3, -0.25) is 0 Å². The van der Waals surface area contributed by atoms with E-state index in [0.29, 0.717) is 15.4 Å². The van der Waals surface area contributed by atoms with E-state index in [1.54, 1.807) is 0 Å². The summed E-state index contributed by atoms with van der Waals surface area (Å²) < 4.78 is 13.3. The normalized spacial score (nSPS) is 10.1. The molecule has 0 heterocycles. The van der Waals surface area contributed by atoms with Crippen LogP contribution in [0.5, 0.6) is 5.75 Å². The highest BCUT2D eigenvalue weighted by Gasteiger charge is 2.08. The smallest absolute Gasteiger partial charge is 0.130 e. The lowest BCUT2D eigenvalue weighted by Crippen LogP contribution is -1.87. The molecule has 0 radical (unpaired) electrons. The second kappa shape index (κ2) is 3.54. The SMILES string of the molecule is Oc1ccc(F)c(CBr)c1Br. The summed E-state index contributed by atoms with van der Waals surface area (Å²) in [6, 6.07) is 2.54. The Balaban J connectivity index is 3.29. The molecule has 60 valence electrons.